The van der Waals surface area contributed by atoms with Crippen molar-refractivity contribution in [2.45, 2.75) is 32.6 Å². The minimum Gasteiger partial charge on any atom is -0.494 e. The number of carbonyl (C=O) groups is 1. The second-order valence-corrected chi connectivity index (χ2v) is 6.28. The normalized spacial score (nSPS) is 10.4. The Kier molecular flexibility index (Phi) is 7.63. The molecular weight excluding hydrogens is 322 g/mol. The van der Waals surface area contributed by atoms with Crippen molar-refractivity contribution in [3.8, 4) is 5.75 Å². The van der Waals surface area contributed by atoms with E-state index in [4.69, 9.17) is 16.3 Å². The summed E-state index contributed by atoms with van der Waals surface area (Å²) in [6, 6.07) is 15.7. The summed E-state index contributed by atoms with van der Waals surface area (Å²) in [6.45, 7) is 3.33. The van der Waals surface area contributed by atoms with E-state index in [2.05, 4.69) is 36.5 Å². The number of nitrogens with one attached hydrogen (secondary N) is 1. The molecule has 2 rings (SSSR count). The number of halogens is 1. The molecule has 0 aliphatic rings. The molecule has 0 aliphatic carbocycles. The number of rotatable bonds is 9. The van der Waals surface area contributed by atoms with Crippen LogP contribution < -0.4 is 10.1 Å². The fourth-order valence-corrected chi connectivity index (χ4v) is 2.56. The molecule has 0 spiro atoms. The Morgan fingerprint density at radius 3 is 2.67 bits per heavy atom. The van der Waals surface area contributed by atoms with Crippen molar-refractivity contribution >= 4 is 17.5 Å². The maximum absolute atomic E-state index is 11.8. The SMILES string of the molecule is Cc1cccc(CCCNC(=O)CCCOc2ccc(Cl)cc2)c1. The van der Waals surface area contributed by atoms with Crippen LogP contribution in [0.1, 0.15) is 30.4 Å². The lowest BCUT2D eigenvalue weighted by Crippen LogP contribution is -2.24. The molecule has 0 unspecified atom stereocenters. The number of hydrogen-bond acceptors (Lipinski definition) is 2. The van der Waals surface area contributed by atoms with Crippen molar-refractivity contribution < 1.29 is 9.53 Å². The number of amides is 1. The molecule has 0 aromatic heterocycles. The zero-order valence-corrected chi connectivity index (χ0v) is 14.8. The molecule has 0 aliphatic heterocycles. The highest BCUT2D eigenvalue weighted by Crippen LogP contribution is 2.15. The fraction of sp³-hybridized carbons (Fsp3) is 0.350. The quantitative estimate of drug-likeness (QED) is 0.677. The Hall–Kier alpha value is -2.00. The van der Waals surface area contributed by atoms with Gasteiger partial charge in [0.25, 0.3) is 0 Å². The standard InChI is InChI=1S/C20H24ClNO2/c1-16-5-2-6-17(15-16)7-3-13-22-20(23)8-4-14-24-19-11-9-18(21)10-12-19/h2,5-6,9-12,15H,3-4,7-8,13-14H2,1H3,(H,22,23). The van der Waals surface area contributed by atoms with Gasteiger partial charge in [-0.15, -0.1) is 0 Å². The number of hydrogen-bond donors (Lipinski definition) is 1. The van der Waals surface area contributed by atoms with Gasteiger partial charge >= 0.3 is 0 Å². The van der Waals surface area contributed by atoms with Crippen molar-refractivity contribution in [1.29, 1.82) is 0 Å². The summed E-state index contributed by atoms with van der Waals surface area (Å²) in [6.07, 6.45) is 3.13. The third-order valence-corrected chi connectivity index (χ3v) is 3.93. The molecular formula is C20H24ClNO2. The summed E-state index contributed by atoms with van der Waals surface area (Å²) in [5.74, 6) is 0.858. The lowest BCUT2D eigenvalue weighted by atomic mass is 10.1. The van der Waals surface area contributed by atoms with Gasteiger partial charge in [0.15, 0.2) is 0 Å². The first kappa shape index (κ1) is 18.3. The van der Waals surface area contributed by atoms with E-state index in [1.54, 1.807) is 12.1 Å². The van der Waals surface area contributed by atoms with Crippen LogP contribution in [-0.4, -0.2) is 19.1 Å². The van der Waals surface area contributed by atoms with Crippen LogP contribution in [0.15, 0.2) is 48.5 Å². The predicted molar refractivity (Wildman–Crippen MR) is 98.7 cm³/mol. The zero-order valence-electron chi connectivity index (χ0n) is 14.1. The molecule has 0 atom stereocenters. The van der Waals surface area contributed by atoms with Gasteiger partial charge in [-0.2, -0.15) is 0 Å². The molecule has 0 radical (unpaired) electrons. The highest BCUT2D eigenvalue weighted by Gasteiger charge is 2.02. The molecule has 0 saturated heterocycles. The van der Waals surface area contributed by atoms with E-state index in [9.17, 15) is 4.79 Å². The summed E-state index contributed by atoms with van der Waals surface area (Å²) >= 11 is 5.81. The van der Waals surface area contributed by atoms with Crippen molar-refractivity contribution in [1.82, 2.24) is 5.32 Å². The van der Waals surface area contributed by atoms with Crippen LogP contribution in [0.25, 0.3) is 0 Å². The topological polar surface area (TPSA) is 38.3 Å². The van der Waals surface area contributed by atoms with Gasteiger partial charge < -0.3 is 10.1 Å². The summed E-state index contributed by atoms with van der Waals surface area (Å²) in [5, 5.41) is 3.65. The van der Waals surface area contributed by atoms with E-state index in [0.29, 0.717) is 31.0 Å². The summed E-state index contributed by atoms with van der Waals surface area (Å²) in [4.78, 5) is 11.8. The Labute approximate surface area is 149 Å². The van der Waals surface area contributed by atoms with Gasteiger partial charge in [0, 0.05) is 18.0 Å². The minimum absolute atomic E-state index is 0.0824. The Bertz CT molecular complexity index is 640. The third kappa shape index (κ3) is 7.05. The van der Waals surface area contributed by atoms with Crippen molar-refractivity contribution in [3.05, 3.63) is 64.7 Å². The van der Waals surface area contributed by atoms with Crippen LogP contribution in [-0.2, 0) is 11.2 Å². The lowest BCUT2D eigenvalue weighted by Gasteiger charge is -2.07. The minimum atomic E-state index is 0.0824. The third-order valence-electron chi connectivity index (χ3n) is 3.68. The first-order valence-electron chi connectivity index (χ1n) is 8.34. The molecule has 3 nitrogen and oxygen atoms in total. The number of benzene rings is 2. The Morgan fingerprint density at radius 2 is 1.92 bits per heavy atom. The van der Waals surface area contributed by atoms with Crippen LogP contribution in [0, 0.1) is 6.92 Å². The number of ether oxygens (including phenoxy) is 1. The van der Waals surface area contributed by atoms with E-state index in [0.717, 1.165) is 18.6 Å². The molecule has 1 amide bonds. The molecule has 0 heterocycles. The van der Waals surface area contributed by atoms with E-state index in [-0.39, 0.29) is 5.91 Å². The van der Waals surface area contributed by atoms with Gasteiger partial charge in [0.05, 0.1) is 6.61 Å². The van der Waals surface area contributed by atoms with Crippen molar-refractivity contribution in [2.24, 2.45) is 0 Å². The highest BCUT2D eigenvalue weighted by molar-refractivity contribution is 6.30. The molecule has 0 saturated carbocycles. The first-order chi connectivity index (χ1) is 11.6. The van der Waals surface area contributed by atoms with Crippen LogP contribution in [0.3, 0.4) is 0 Å². The monoisotopic (exact) mass is 345 g/mol. The van der Waals surface area contributed by atoms with E-state index < -0.39 is 0 Å². The number of aryl methyl sites for hydroxylation is 2. The van der Waals surface area contributed by atoms with Crippen molar-refractivity contribution in [2.75, 3.05) is 13.2 Å². The Balaban J connectivity index is 1.53. The lowest BCUT2D eigenvalue weighted by molar-refractivity contribution is -0.121. The summed E-state index contributed by atoms with van der Waals surface area (Å²) in [5.41, 5.74) is 2.60. The van der Waals surface area contributed by atoms with E-state index >= 15 is 0 Å². The number of carbonyl (C=O) groups excluding carboxylic acids is 1. The molecule has 2 aromatic rings. The van der Waals surface area contributed by atoms with Gasteiger partial charge in [-0.1, -0.05) is 41.4 Å². The average molecular weight is 346 g/mol. The average Bonchev–Trinajstić information content (AvgIpc) is 2.57. The molecule has 0 fully saturated rings. The second kappa shape index (κ2) is 9.99. The van der Waals surface area contributed by atoms with Gasteiger partial charge in [0.1, 0.15) is 5.75 Å². The summed E-state index contributed by atoms with van der Waals surface area (Å²) < 4.78 is 5.57. The van der Waals surface area contributed by atoms with Crippen LogP contribution in [0.5, 0.6) is 5.75 Å². The van der Waals surface area contributed by atoms with Gasteiger partial charge in [-0.3, -0.25) is 4.79 Å². The van der Waals surface area contributed by atoms with Crippen LogP contribution >= 0.6 is 11.6 Å². The Morgan fingerprint density at radius 1 is 1.12 bits per heavy atom. The molecule has 1 N–H and O–H groups in total. The molecule has 0 bridgehead atoms. The molecule has 24 heavy (non-hydrogen) atoms. The van der Waals surface area contributed by atoms with E-state index in [1.807, 2.05) is 12.1 Å². The van der Waals surface area contributed by atoms with Crippen LogP contribution in [0.4, 0.5) is 0 Å². The van der Waals surface area contributed by atoms with Gasteiger partial charge in [0.2, 0.25) is 5.91 Å². The molecule has 128 valence electrons. The van der Waals surface area contributed by atoms with Crippen LogP contribution in [0.2, 0.25) is 5.02 Å². The zero-order chi connectivity index (χ0) is 17.2. The molecule has 4 heteroatoms. The maximum Gasteiger partial charge on any atom is 0.220 e. The largest absolute Gasteiger partial charge is 0.494 e. The van der Waals surface area contributed by atoms with Crippen molar-refractivity contribution in [3.63, 3.8) is 0 Å². The fourth-order valence-electron chi connectivity index (χ4n) is 2.43. The molecule has 2 aromatic carbocycles. The maximum atomic E-state index is 11.8. The summed E-state index contributed by atoms with van der Waals surface area (Å²) in [7, 11) is 0. The highest BCUT2D eigenvalue weighted by atomic mass is 35.5. The van der Waals surface area contributed by atoms with E-state index in [1.165, 1.54) is 11.1 Å². The van der Waals surface area contributed by atoms with Gasteiger partial charge in [-0.05, 0) is 56.0 Å². The second-order valence-electron chi connectivity index (χ2n) is 5.85. The smallest absolute Gasteiger partial charge is 0.220 e. The first-order valence-corrected chi connectivity index (χ1v) is 8.72. The van der Waals surface area contributed by atoms with Gasteiger partial charge in [-0.25, -0.2) is 0 Å². The predicted octanol–water partition coefficient (Wildman–Crippen LogP) is 4.56.